The summed E-state index contributed by atoms with van der Waals surface area (Å²) < 4.78 is 22.9. The number of hydrogen-bond donors (Lipinski definition) is 0. The van der Waals surface area contributed by atoms with Gasteiger partial charge in [0, 0.05) is 0 Å². The van der Waals surface area contributed by atoms with Gasteiger partial charge in [-0.1, -0.05) is 18.7 Å². The maximum atomic E-state index is 12.5. The van der Waals surface area contributed by atoms with Crippen LogP contribution in [0.15, 0.2) is 30.8 Å². The highest BCUT2D eigenvalue weighted by Gasteiger charge is 2.28. The molecule has 0 saturated carbocycles. The standard InChI is InChI=1S/C13H16NO3P/c1-4-16-18(15,17-5-2)11(3)13-8-6-12(10-14)7-9-13/h6-9H,3-5H2,1-2H3. The molecule has 0 aliphatic carbocycles. The van der Waals surface area contributed by atoms with E-state index >= 15 is 0 Å². The first-order valence-electron chi connectivity index (χ1n) is 5.66. The Hall–Kier alpha value is -1.40. The van der Waals surface area contributed by atoms with Crippen molar-refractivity contribution in [3.63, 3.8) is 0 Å². The van der Waals surface area contributed by atoms with Gasteiger partial charge in [-0.15, -0.1) is 0 Å². The summed E-state index contributed by atoms with van der Waals surface area (Å²) in [6.45, 7) is 7.86. The van der Waals surface area contributed by atoms with Gasteiger partial charge in [-0.05, 0) is 31.5 Å². The van der Waals surface area contributed by atoms with Crippen molar-refractivity contribution >= 4 is 12.9 Å². The van der Waals surface area contributed by atoms with Gasteiger partial charge in [0.2, 0.25) is 0 Å². The summed E-state index contributed by atoms with van der Waals surface area (Å²) in [5, 5.41) is 9.03. The molecule has 96 valence electrons. The Morgan fingerprint density at radius 2 is 1.78 bits per heavy atom. The van der Waals surface area contributed by atoms with Gasteiger partial charge < -0.3 is 9.05 Å². The molecule has 0 aromatic heterocycles. The van der Waals surface area contributed by atoms with E-state index in [1.807, 2.05) is 6.07 Å². The number of nitriles is 1. The lowest BCUT2D eigenvalue weighted by Crippen LogP contribution is -1.98. The summed E-state index contributed by atoms with van der Waals surface area (Å²) in [6, 6.07) is 8.68. The molecule has 0 aliphatic rings. The summed E-state index contributed by atoms with van der Waals surface area (Å²) in [5.74, 6) is 0. The van der Waals surface area contributed by atoms with Gasteiger partial charge in [0.25, 0.3) is 0 Å². The zero-order chi connectivity index (χ0) is 13.6. The minimum absolute atomic E-state index is 0.284. The molecule has 0 heterocycles. The van der Waals surface area contributed by atoms with Crippen LogP contribution in [0.1, 0.15) is 25.0 Å². The first-order chi connectivity index (χ1) is 8.57. The van der Waals surface area contributed by atoms with Crippen LogP contribution < -0.4 is 0 Å². The van der Waals surface area contributed by atoms with E-state index in [2.05, 4.69) is 6.58 Å². The van der Waals surface area contributed by atoms with E-state index in [-0.39, 0.29) is 13.2 Å². The van der Waals surface area contributed by atoms with Crippen molar-refractivity contribution in [3.05, 3.63) is 42.0 Å². The average Bonchev–Trinajstić information content (AvgIpc) is 2.38. The topological polar surface area (TPSA) is 59.3 Å². The average molecular weight is 265 g/mol. The fourth-order valence-electron chi connectivity index (χ4n) is 1.43. The zero-order valence-corrected chi connectivity index (χ0v) is 11.4. The van der Waals surface area contributed by atoms with Gasteiger partial charge in [-0.2, -0.15) is 5.26 Å². The number of rotatable bonds is 6. The SMILES string of the molecule is C=C(c1ccc(C#N)cc1)P(=O)(OCC)OCC. The third kappa shape index (κ3) is 3.30. The van der Waals surface area contributed by atoms with Crippen molar-refractivity contribution in [2.75, 3.05) is 13.2 Å². The fraction of sp³-hybridized carbons (Fsp3) is 0.308. The maximum absolute atomic E-state index is 12.5. The quantitative estimate of drug-likeness (QED) is 0.734. The van der Waals surface area contributed by atoms with Crippen molar-refractivity contribution in [2.24, 2.45) is 0 Å². The molecule has 0 saturated heterocycles. The Morgan fingerprint density at radius 1 is 1.28 bits per heavy atom. The van der Waals surface area contributed by atoms with Crippen molar-refractivity contribution < 1.29 is 13.6 Å². The van der Waals surface area contributed by atoms with E-state index < -0.39 is 7.60 Å². The molecule has 0 N–H and O–H groups in total. The molecule has 1 aromatic rings. The van der Waals surface area contributed by atoms with Gasteiger partial charge in [0.05, 0.1) is 30.2 Å². The third-order valence-electron chi connectivity index (χ3n) is 2.28. The van der Waals surface area contributed by atoms with E-state index in [4.69, 9.17) is 14.3 Å². The van der Waals surface area contributed by atoms with E-state index in [1.165, 1.54) is 0 Å². The molecule has 0 aliphatic heterocycles. The highest BCUT2D eigenvalue weighted by Crippen LogP contribution is 2.59. The normalized spacial score (nSPS) is 10.9. The van der Waals surface area contributed by atoms with E-state index in [1.54, 1.807) is 38.1 Å². The van der Waals surface area contributed by atoms with Crippen LogP contribution in [0.3, 0.4) is 0 Å². The van der Waals surface area contributed by atoms with Crippen molar-refractivity contribution in [1.82, 2.24) is 0 Å². The summed E-state index contributed by atoms with van der Waals surface area (Å²) in [6.07, 6.45) is 0. The molecule has 0 bridgehead atoms. The third-order valence-corrected chi connectivity index (χ3v) is 4.39. The first kappa shape index (κ1) is 14.7. The second-order valence-corrected chi connectivity index (χ2v) is 5.52. The molecule has 0 spiro atoms. The van der Waals surface area contributed by atoms with Gasteiger partial charge in [-0.25, -0.2) is 0 Å². The first-order valence-corrected chi connectivity index (χ1v) is 7.20. The van der Waals surface area contributed by atoms with E-state index in [0.717, 1.165) is 0 Å². The molecule has 18 heavy (non-hydrogen) atoms. The van der Waals surface area contributed by atoms with Gasteiger partial charge in [0.1, 0.15) is 0 Å². The lowest BCUT2D eigenvalue weighted by Gasteiger charge is -2.19. The zero-order valence-electron chi connectivity index (χ0n) is 10.5. The smallest absolute Gasteiger partial charge is 0.305 e. The van der Waals surface area contributed by atoms with Crippen molar-refractivity contribution in [1.29, 1.82) is 5.26 Å². The predicted molar refractivity (Wildman–Crippen MR) is 71.0 cm³/mol. The summed E-state index contributed by atoms with van der Waals surface area (Å²) in [7, 11) is -3.33. The molecule has 0 amide bonds. The number of hydrogen-bond acceptors (Lipinski definition) is 4. The minimum atomic E-state index is -3.33. The van der Waals surface area contributed by atoms with Gasteiger partial charge in [0.15, 0.2) is 0 Å². The van der Waals surface area contributed by atoms with Gasteiger partial charge >= 0.3 is 7.60 Å². The monoisotopic (exact) mass is 265 g/mol. The summed E-state index contributed by atoms with van der Waals surface area (Å²) in [4.78, 5) is 0. The molecular formula is C13H16NO3P. The molecular weight excluding hydrogens is 249 g/mol. The van der Waals surface area contributed by atoms with Crippen LogP contribution in [0.25, 0.3) is 5.31 Å². The molecule has 4 nitrogen and oxygen atoms in total. The van der Waals surface area contributed by atoms with Crippen LogP contribution >= 0.6 is 7.60 Å². The summed E-state index contributed by atoms with van der Waals surface area (Å²) in [5.41, 5.74) is 1.19. The van der Waals surface area contributed by atoms with E-state index in [9.17, 15) is 4.57 Å². The minimum Gasteiger partial charge on any atom is -0.305 e. The Bertz CT molecular complexity index is 492. The Kier molecular flexibility index (Phi) is 5.30. The van der Waals surface area contributed by atoms with Crippen molar-refractivity contribution in [2.45, 2.75) is 13.8 Å². The Morgan fingerprint density at radius 3 is 2.17 bits per heavy atom. The van der Waals surface area contributed by atoms with Crippen LogP contribution in [-0.2, 0) is 13.6 Å². The van der Waals surface area contributed by atoms with Gasteiger partial charge in [-0.3, -0.25) is 4.57 Å². The van der Waals surface area contributed by atoms with Crippen LogP contribution in [0.2, 0.25) is 0 Å². The number of nitrogens with zero attached hydrogens (tertiary/aromatic N) is 1. The predicted octanol–water partition coefficient (Wildman–Crippen LogP) is 3.80. The Labute approximate surface area is 107 Å². The molecule has 0 unspecified atom stereocenters. The van der Waals surface area contributed by atoms with Crippen LogP contribution in [0.4, 0.5) is 0 Å². The lowest BCUT2D eigenvalue weighted by molar-refractivity contribution is 0.230. The Balaban J connectivity index is 3.02. The maximum Gasteiger partial charge on any atom is 0.361 e. The number of benzene rings is 1. The van der Waals surface area contributed by atoms with E-state index in [0.29, 0.717) is 16.4 Å². The molecule has 0 atom stereocenters. The van der Waals surface area contributed by atoms with Crippen molar-refractivity contribution in [3.8, 4) is 6.07 Å². The van der Waals surface area contributed by atoms with Crippen LogP contribution in [-0.4, -0.2) is 13.2 Å². The highest BCUT2D eigenvalue weighted by atomic mass is 31.2. The lowest BCUT2D eigenvalue weighted by atomic mass is 10.1. The largest absolute Gasteiger partial charge is 0.361 e. The molecule has 1 aromatic carbocycles. The molecule has 1 rings (SSSR count). The highest BCUT2D eigenvalue weighted by molar-refractivity contribution is 7.65. The molecule has 0 radical (unpaired) electrons. The van der Waals surface area contributed by atoms with Crippen LogP contribution in [0.5, 0.6) is 0 Å². The fourth-order valence-corrected chi connectivity index (χ4v) is 2.96. The molecule has 5 heteroatoms. The summed E-state index contributed by atoms with van der Waals surface area (Å²) >= 11 is 0. The van der Waals surface area contributed by atoms with Crippen LogP contribution in [0, 0.1) is 11.3 Å². The second-order valence-electron chi connectivity index (χ2n) is 3.47. The molecule has 0 fully saturated rings. The second kappa shape index (κ2) is 6.51.